The molecule has 0 amide bonds. The van der Waals surface area contributed by atoms with E-state index < -0.39 is 0 Å². The molecule has 1 aliphatic carbocycles. The summed E-state index contributed by atoms with van der Waals surface area (Å²) >= 11 is 3.56. The maximum Gasteiger partial charge on any atom is 0.0998 e. The molecule has 2 heteroatoms. The molecule has 2 aromatic carbocycles. The van der Waals surface area contributed by atoms with Crippen molar-refractivity contribution in [1.82, 2.24) is 0 Å². The van der Waals surface area contributed by atoms with Gasteiger partial charge in [-0.2, -0.15) is 5.26 Å². The minimum absolute atomic E-state index is 0.767. The molecular weight excluding hydrogens is 262 g/mol. The first-order chi connectivity index (χ1) is 7.81. The van der Waals surface area contributed by atoms with Crippen LogP contribution in [-0.4, -0.2) is 0 Å². The van der Waals surface area contributed by atoms with Gasteiger partial charge in [0.25, 0.3) is 0 Å². The normalized spacial score (nSPS) is 11.8. The van der Waals surface area contributed by atoms with Crippen LogP contribution in [0, 0.1) is 11.3 Å². The van der Waals surface area contributed by atoms with Crippen LogP contribution < -0.4 is 0 Å². The van der Waals surface area contributed by atoms with Crippen LogP contribution in [0.5, 0.6) is 0 Å². The first kappa shape index (κ1) is 9.62. The maximum absolute atomic E-state index is 9.15. The molecule has 0 radical (unpaired) electrons. The third kappa shape index (κ3) is 1.22. The number of rotatable bonds is 0. The minimum Gasteiger partial charge on any atom is -0.192 e. The van der Waals surface area contributed by atoms with Gasteiger partial charge in [0, 0.05) is 10.0 Å². The van der Waals surface area contributed by atoms with Crippen molar-refractivity contribution in [2.24, 2.45) is 0 Å². The van der Waals surface area contributed by atoms with Gasteiger partial charge in [-0.1, -0.05) is 40.2 Å². The highest BCUT2D eigenvalue weighted by molar-refractivity contribution is 9.10. The molecule has 1 nitrogen and oxygen atoms in total. The smallest absolute Gasteiger partial charge is 0.0998 e. The Morgan fingerprint density at radius 1 is 1.12 bits per heavy atom. The maximum atomic E-state index is 9.15. The molecule has 0 unspecified atom stereocenters. The quantitative estimate of drug-likeness (QED) is 0.608. The van der Waals surface area contributed by atoms with E-state index in [1.807, 2.05) is 24.3 Å². The van der Waals surface area contributed by atoms with Crippen LogP contribution in [0.25, 0.3) is 11.1 Å². The summed E-state index contributed by atoms with van der Waals surface area (Å²) in [5, 5.41) is 9.15. The molecule has 0 spiro atoms. The standard InChI is InChI=1S/C14H8BrN/c15-13-6-5-10(8-16)14-11-4-2-1-3-9(11)7-12(13)14/h1-6H,7H2. The predicted octanol–water partition coefficient (Wildman–Crippen LogP) is 3.89. The molecule has 0 atom stereocenters. The van der Waals surface area contributed by atoms with E-state index in [9.17, 15) is 0 Å². The van der Waals surface area contributed by atoms with Crippen LogP contribution in [0.2, 0.25) is 0 Å². The lowest BCUT2D eigenvalue weighted by atomic mass is 10.0. The van der Waals surface area contributed by atoms with Gasteiger partial charge in [0.1, 0.15) is 0 Å². The Morgan fingerprint density at radius 2 is 1.94 bits per heavy atom. The molecule has 0 saturated heterocycles. The van der Waals surface area contributed by atoms with Gasteiger partial charge in [-0.15, -0.1) is 0 Å². The van der Waals surface area contributed by atoms with E-state index in [1.54, 1.807) is 0 Å². The average molecular weight is 270 g/mol. The van der Waals surface area contributed by atoms with E-state index in [1.165, 1.54) is 16.7 Å². The number of halogens is 1. The molecule has 16 heavy (non-hydrogen) atoms. The Kier molecular flexibility index (Phi) is 2.08. The van der Waals surface area contributed by atoms with Crippen molar-refractivity contribution in [2.75, 3.05) is 0 Å². The minimum atomic E-state index is 0.767. The van der Waals surface area contributed by atoms with Gasteiger partial charge in [-0.3, -0.25) is 0 Å². The first-order valence-corrected chi connectivity index (χ1v) is 5.90. The van der Waals surface area contributed by atoms with E-state index in [-0.39, 0.29) is 0 Å². The Labute approximate surface area is 102 Å². The highest BCUT2D eigenvalue weighted by atomic mass is 79.9. The molecule has 0 aliphatic heterocycles. The number of hydrogen-bond donors (Lipinski definition) is 0. The molecule has 0 fully saturated rings. The molecule has 0 N–H and O–H groups in total. The second-order valence-corrected chi connectivity index (χ2v) is 4.75. The van der Waals surface area contributed by atoms with Gasteiger partial charge in [-0.05, 0) is 35.2 Å². The number of hydrogen-bond acceptors (Lipinski definition) is 1. The molecule has 2 aromatic rings. The lowest BCUT2D eigenvalue weighted by molar-refractivity contribution is 1.24. The monoisotopic (exact) mass is 269 g/mol. The van der Waals surface area contributed by atoms with E-state index in [4.69, 9.17) is 5.26 Å². The van der Waals surface area contributed by atoms with Gasteiger partial charge in [0.2, 0.25) is 0 Å². The zero-order chi connectivity index (χ0) is 11.1. The summed E-state index contributed by atoms with van der Waals surface area (Å²) in [6, 6.07) is 14.4. The molecule has 1 aliphatic rings. The molecule has 76 valence electrons. The van der Waals surface area contributed by atoms with Crippen LogP contribution in [0.1, 0.15) is 16.7 Å². The van der Waals surface area contributed by atoms with E-state index in [0.717, 1.165) is 22.0 Å². The van der Waals surface area contributed by atoms with Crippen molar-refractivity contribution >= 4 is 15.9 Å². The topological polar surface area (TPSA) is 23.8 Å². The van der Waals surface area contributed by atoms with Crippen molar-refractivity contribution < 1.29 is 0 Å². The zero-order valence-electron chi connectivity index (χ0n) is 8.50. The second kappa shape index (κ2) is 3.47. The predicted molar refractivity (Wildman–Crippen MR) is 67.1 cm³/mol. The van der Waals surface area contributed by atoms with Gasteiger partial charge in [0.15, 0.2) is 0 Å². The van der Waals surface area contributed by atoms with Crippen LogP contribution in [0.4, 0.5) is 0 Å². The van der Waals surface area contributed by atoms with Gasteiger partial charge in [-0.25, -0.2) is 0 Å². The van der Waals surface area contributed by atoms with Crippen LogP contribution in [0.15, 0.2) is 40.9 Å². The largest absolute Gasteiger partial charge is 0.192 e. The summed E-state index contributed by atoms with van der Waals surface area (Å²) in [7, 11) is 0. The summed E-state index contributed by atoms with van der Waals surface area (Å²) in [6.07, 6.45) is 0.918. The molecule has 3 rings (SSSR count). The fourth-order valence-electron chi connectivity index (χ4n) is 2.30. The highest BCUT2D eigenvalue weighted by Gasteiger charge is 2.22. The van der Waals surface area contributed by atoms with E-state index in [0.29, 0.717) is 0 Å². The highest BCUT2D eigenvalue weighted by Crippen LogP contribution is 2.41. The van der Waals surface area contributed by atoms with Crippen LogP contribution in [-0.2, 0) is 6.42 Å². The summed E-state index contributed by atoms with van der Waals surface area (Å²) in [4.78, 5) is 0. The van der Waals surface area contributed by atoms with Crippen molar-refractivity contribution in [3.63, 3.8) is 0 Å². The van der Waals surface area contributed by atoms with Gasteiger partial charge >= 0.3 is 0 Å². The molecular formula is C14H8BrN. The fourth-order valence-corrected chi connectivity index (χ4v) is 2.78. The van der Waals surface area contributed by atoms with Crippen molar-refractivity contribution in [2.45, 2.75) is 6.42 Å². The number of benzene rings is 2. The molecule has 0 aromatic heterocycles. The lowest BCUT2D eigenvalue weighted by Crippen LogP contribution is -1.86. The second-order valence-electron chi connectivity index (χ2n) is 3.89. The number of fused-ring (bicyclic) bond motifs is 3. The van der Waals surface area contributed by atoms with E-state index in [2.05, 4.69) is 34.1 Å². The fraction of sp³-hybridized carbons (Fsp3) is 0.0714. The van der Waals surface area contributed by atoms with Gasteiger partial charge < -0.3 is 0 Å². The summed E-state index contributed by atoms with van der Waals surface area (Å²) in [5.41, 5.74) is 5.62. The summed E-state index contributed by atoms with van der Waals surface area (Å²) in [6.45, 7) is 0. The van der Waals surface area contributed by atoms with Crippen molar-refractivity contribution in [1.29, 1.82) is 5.26 Å². The zero-order valence-corrected chi connectivity index (χ0v) is 10.1. The van der Waals surface area contributed by atoms with Gasteiger partial charge in [0.05, 0.1) is 11.6 Å². The van der Waals surface area contributed by atoms with Crippen molar-refractivity contribution in [3.05, 3.63) is 57.6 Å². The molecule has 0 bridgehead atoms. The number of nitrogens with zero attached hydrogens (tertiary/aromatic N) is 1. The van der Waals surface area contributed by atoms with Crippen LogP contribution >= 0.6 is 15.9 Å². The average Bonchev–Trinajstić information content (AvgIpc) is 2.70. The van der Waals surface area contributed by atoms with Crippen molar-refractivity contribution in [3.8, 4) is 17.2 Å². The Balaban J connectivity index is 2.39. The summed E-state index contributed by atoms with van der Waals surface area (Å²) in [5.74, 6) is 0. The summed E-state index contributed by atoms with van der Waals surface area (Å²) < 4.78 is 1.10. The van der Waals surface area contributed by atoms with Crippen LogP contribution in [0.3, 0.4) is 0 Å². The Morgan fingerprint density at radius 3 is 2.75 bits per heavy atom. The Hall–Kier alpha value is -1.59. The third-order valence-corrected chi connectivity index (χ3v) is 3.77. The molecule has 0 saturated carbocycles. The first-order valence-electron chi connectivity index (χ1n) is 5.11. The SMILES string of the molecule is N#Cc1ccc(Br)c2c1-c1ccccc1C2. The Bertz CT molecular complexity index is 623. The third-order valence-electron chi connectivity index (χ3n) is 3.03. The van der Waals surface area contributed by atoms with E-state index >= 15 is 0 Å². The lowest BCUT2D eigenvalue weighted by Gasteiger charge is -2.04. The number of nitriles is 1. The molecule has 0 heterocycles.